The van der Waals surface area contributed by atoms with Gasteiger partial charge in [0, 0.05) is 5.75 Å². The molecule has 0 nitrogen and oxygen atoms in total. The molecule has 1 atom stereocenters. The van der Waals surface area contributed by atoms with Gasteiger partial charge in [0.1, 0.15) is 0 Å². The summed E-state index contributed by atoms with van der Waals surface area (Å²) in [6.07, 6.45) is 11.0. The molecule has 0 aliphatic heterocycles. The van der Waals surface area contributed by atoms with Crippen LogP contribution in [-0.4, -0.2) is 5.75 Å². The van der Waals surface area contributed by atoms with Crippen LogP contribution in [0.3, 0.4) is 0 Å². The van der Waals surface area contributed by atoms with E-state index in [9.17, 15) is 0 Å². The van der Waals surface area contributed by atoms with Crippen LogP contribution in [0.15, 0.2) is 0 Å². The predicted molar refractivity (Wildman–Crippen MR) is 77.8 cm³/mol. The first-order valence-electron chi connectivity index (χ1n) is 6.45. The second-order valence-corrected chi connectivity index (χ2v) is 6.40. The lowest BCUT2D eigenvalue weighted by molar-refractivity contribution is 0.246. The van der Waals surface area contributed by atoms with Crippen molar-refractivity contribution in [1.82, 2.24) is 0 Å². The third-order valence-corrected chi connectivity index (χ3v) is 4.25. The highest BCUT2D eigenvalue weighted by Gasteiger charge is 2.22. The summed E-state index contributed by atoms with van der Waals surface area (Å²) in [5.41, 5.74) is 0.584. The molecule has 0 aliphatic rings. The van der Waals surface area contributed by atoms with Gasteiger partial charge in [-0.1, -0.05) is 63.7 Å². The summed E-state index contributed by atoms with van der Waals surface area (Å²) in [6, 6.07) is 0. The Morgan fingerprint density at radius 3 is 2.07 bits per heavy atom. The first-order chi connectivity index (χ1) is 7.18. The van der Waals surface area contributed by atoms with Gasteiger partial charge in [-0.3, -0.25) is 0 Å². The van der Waals surface area contributed by atoms with Crippen LogP contribution in [0.4, 0.5) is 0 Å². The van der Waals surface area contributed by atoms with Crippen molar-refractivity contribution in [2.24, 2.45) is 5.41 Å². The number of rotatable bonds is 10. The summed E-state index contributed by atoms with van der Waals surface area (Å²) in [5, 5.41) is 0. The third kappa shape index (κ3) is 8.50. The van der Waals surface area contributed by atoms with Gasteiger partial charge in [-0.25, -0.2) is 0 Å². The van der Waals surface area contributed by atoms with Gasteiger partial charge in [0.25, 0.3) is 0 Å². The second-order valence-electron chi connectivity index (χ2n) is 4.95. The molecule has 0 aliphatic carbocycles. The Bertz CT molecular complexity index is 126. The molecule has 2 heteroatoms. The molecule has 0 heterocycles. The average Bonchev–Trinajstić information content (AvgIpc) is 2.24. The van der Waals surface area contributed by atoms with E-state index in [-0.39, 0.29) is 0 Å². The fraction of sp³-hybridized carbons (Fsp3) is 1.00. The highest BCUT2D eigenvalue weighted by Crippen LogP contribution is 2.35. The van der Waals surface area contributed by atoms with Crippen LogP contribution in [0.1, 0.15) is 72.1 Å². The van der Waals surface area contributed by atoms with E-state index in [0.29, 0.717) is 5.41 Å². The minimum Gasteiger partial charge on any atom is -0.111 e. The largest absolute Gasteiger partial charge is 0.111 e. The van der Waals surface area contributed by atoms with Gasteiger partial charge in [-0.15, -0.1) is 11.7 Å². The molecule has 0 amide bonds. The van der Waals surface area contributed by atoms with E-state index in [1.54, 1.807) is 10.8 Å². The topological polar surface area (TPSA) is 0 Å². The number of hydrogen-bond acceptors (Lipinski definition) is 2. The van der Waals surface area contributed by atoms with E-state index in [1.165, 1.54) is 57.1 Å². The fourth-order valence-corrected chi connectivity index (χ4v) is 2.93. The summed E-state index contributed by atoms with van der Waals surface area (Å²) in [6.45, 7) is 7.05. The lowest BCUT2D eigenvalue weighted by Gasteiger charge is -2.29. The van der Waals surface area contributed by atoms with Gasteiger partial charge >= 0.3 is 0 Å². The Hall–Kier alpha value is 0.700. The summed E-state index contributed by atoms with van der Waals surface area (Å²) in [7, 11) is 1.70. The van der Waals surface area contributed by atoms with Crippen LogP contribution >= 0.6 is 22.5 Å². The van der Waals surface area contributed by atoms with Crippen molar-refractivity contribution in [2.45, 2.75) is 72.1 Å². The van der Waals surface area contributed by atoms with E-state index in [2.05, 4.69) is 32.4 Å². The van der Waals surface area contributed by atoms with Gasteiger partial charge < -0.3 is 0 Å². The van der Waals surface area contributed by atoms with Crippen molar-refractivity contribution in [3.05, 3.63) is 0 Å². The maximum atomic E-state index is 4.25. The standard InChI is InChI=1S/C13H28S2/c1-4-6-8-10-13(3,9-7-5-2)11-12-15-14/h14H,4-12H2,1-3H3. The van der Waals surface area contributed by atoms with Crippen molar-refractivity contribution < 1.29 is 0 Å². The van der Waals surface area contributed by atoms with E-state index >= 15 is 0 Å². The minimum atomic E-state index is 0.584. The van der Waals surface area contributed by atoms with Gasteiger partial charge in [0.15, 0.2) is 0 Å². The first-order valence-corrected chi connectivity index (χ1v) is 8.48. The highest BCUT2D eigenvalue weighted by molar-refractivity contribution is 8.68. The smallest absolute Gasteiger partial charge is 0.00396 e. The van der Waals surface area contributed by atoms with Crippen molar-refractivity contribution in [3.63, 3.8) is 0 Å². The van der Waals surface area contributed by atoms with Crippen molar-refractivity contribution in [3.8, 4) is 0 Å². The van der Waals surface area contributed by atoms with Crippen molar-refractivity contribution in [2.75, 3.05) is 5.75 Å². The highest BCUT2D eigenvalue weighted by atomic mass is 33.1. The lowest BCUT2D eigenvalue weighted by Crippen LogP contribution is -2.17. The summed E-state index contributed by atoms with van der Waals surface area (Å²) >= 11 is 4.25. The average molecular weight is 249 g/mol. The van der Waals surface area contributed by atoms with Crippen LogP contribution in [0.2, 0.25) is 0 Å². The molecule has 0 saturated heterocycles. The molecule has 0 aromatic heterocycles. The van der Waals surface area contributed by atoms with Crippen LogP contribution in [0, 0.1) is 5.41 Å². The van der Waals surface area contributed by atoms with Gasteiger partial charge in [-0.2, -0.15) is 0 Å². The molecule has 0 aromatic carbocycles. The normalized spacial score (nSPS) is 15.2. The molecule has 0 bridgehead atoms. The molecule has 0 spiro atoms. The third-order valence-electron chi connectivity index (χ3n) is 3.31. The van der Waals surface area contributed by atoms with E-state index in [4.69, 9.17) is 0 Å². The second kappa shape index (κ2) is 9.89. The molecule has 0 aromatic rings. The van der Waals surface area contributed by atoms with E-state index in [0.717, 1.165) is 0 Å². The zero-order valence-corrected chi connectivity index (χ0v) is 12.4. The molecule has 0 N–H and O–H groups in total. The van der Waals surface area contributed by atoms with Crippen LogP contribution in [-0.2, 0) is 0 Å². The number of thiol groups is 1. The van der Waals surface area contributed by atoms with Crippen molar-refractivity contribution >= 4 is 22.5 Å². The Labute approximate surface area is 106 Å². The molecule has 0 rings (SSSR count). The molecule has 0 saturated carbocycles. The Kier molecular flexibility index (Phi) is 10.4. The predicted octanol–water partition coefficient (Wildman–Crippen LogP) is 5.73. The van der Waals surface area contributed by atoms with Crippen LogP contribution < -0.4 is 0 Å². The molecule has 0 radical (unpaired) electrons. The molecule has 92 valence electrons. The SMILES string of the molecule is CCCCCC(C)(CCCC)CCSS. The van der Waals surface area contributed by atoms with Gasteiger partial charge in [0.05, 0.1) is 0 Å². The van der Waals surface area contributed by atoms with Crippen LogP contribution in [0.5, 0.6) is 0 Å². The Balaban J connectivity index is 3.89. The summed E-state index contributed by atoms with van der Waals surface area (Å²) in [5.74, 6) is 1.20. The first kappa shape index (κ1) is 15.7. The molecule has 0 fully saturated rings. The van der Waals surface area contributed by atoms with Crippen molar-refractivity contribution in [1.29, 1.82) is 0 Å². The van der Waals surface area contributed by atoms with Gasteiger partial charge in [0.2, 0.25) is 0 Å². The monoisotopic (exact) mass is 248 g/mol. The zero-order valence-electron chi connectivity index (χ0n) is 10.7. The Morgan fingerprint density at radius 2 is 1.53 bits per heavy atom. The Morgan fingerprint density at radius 1 is 0.933 bits per heavy atom. The fourth-order valence-electron chi connectivity index (χ4n) is 2.07. The maximum Gasteiger partial charge on any atom is 0.00396 e. The maximum absolute atomic E-state index is 4.25. The molecule has 1 unspecified atom stereocenters. The number of hydrogen-bond donors (Lipinski definition) is 1. The number of unbranched alkanes of at least 4 members (excludes halogenated alkanes) is 3. The zero-order chi connectivity index (χ0) is 11.6. The van der Waals surface area contributed by atoms with Gasteiger partial charge in [-0.05, 0) is 24.7 Å². The summed E-state index contributed by atoms with van der Waals surface area (Å²) < 4.78 is 0. The molecule has 15 heavy (non-hydrogen) atoms. The molecular formula is C13H28S2. The molecular weight excluding hydrogens is 220 g/mol. The van der Waals surface area contributed by atoms with E-state index < -0.39 is 0 Å². The van der Waals surface area contributed by atoms with E-state index in [1.807, 2.05) is 0 Å². The van der Waals surface area contributed by atoms with Crippen LogP contribution in [0.25, 0.3) is 0 Å². The lowest BCUT2D eigenvalue weighted by atomic mass is 9.78. The summed E-state index contributed by atoms with van der Waals surface area (Å²) in [4.78, 5) is 0. The quantitative estimate of drug-likeness (QED) is 0.292. The minimum absolute atomic E-state index is 0.584.